The first-order chi connectivity index (χ1) is 28.8. The quantitative estimate of drug-likeness (QED) is 0.0263. The van der Waals surface area contributed by atoms with Crippen molar-refractivity contribution in [1.29, 1.82) is 0 Å². The molecule has 1 aliphatic heterocycles. The van der Waals surface area contributed by atoms with Gasteiger partial charge in [0.25, 0.3) is 0 Å². The minimum atomic E-state index is -1.55. The Labute approximate surface area is 363 Å². The molecule has 1 rings (SSSR count). The molecule has 1 fully saturated rings. The van der Waals surface area contributed by atoms with Gasteiger partial charge in [-0.05, 0) is 38.5 Å². The first-order valence-electron chi connectivity index (χ1n) is 25.4. The second-order valence-electron chi connectivity index (χ2n) is 18.0. The Bertz CT molecular complexity index is 935. The normalized spacial score (nSPS) is 20.7. The monoisotopic (exact) mass is 840 g/mol. The van der Waals surface area contributed by atoms with Gasteiger partial charge in [-0.3, -0.25) is 4.79 Å². The van der Waals surface area contributed by atoms with Gasteiger partial charge in [-0.2, -0.15) is 0 Å². The standard InChI is InChI=1S/C50H97NO8/c1-3-5-7-9-11-13-15-17-18-19-20-21-22-23-24-25-26-28-30-32-34-36-38-40-46(54)51-43(42-58-50-49(57)48(56)47(55)45(41-52)59-50)44(53)39-37-35-33-31-29-27-16-14-12-10-8-6-4-2/h23-24,43-45,47-50,52-53,55-57H,3-22,25-42H2,1-2H3,(H,51,54)/b24-23-. The highest BCUT2D eigenvalue weighted by Gasteiger charge is 2.44. The number of carbonyl (C=O) groups is 1. The predicted molar refractivity (Wildman–Crippen MR) is 244 cm³/mol. The van der Waals surface area contributed by atoms with Crippen molar-refractivity contribution in [1.82, 2.24) is 5.32 Å². The van der Waals surface area contributed by atoms with Crippen LogP contribution < -0.4 is 5.32 Å². The number of aliphatic hydroxyl groups is 5. The zero-order chi connectivity index (χ0) is 43.0. The lowest BCUT2D eigenvalue weighted by Gasteiger charge is -2.40. The molecule has 0 aromatic rings. The van der Waals surface area contributed by atoms with Crippen LogP contribution in [-0.4, -0.2) is 87.5 Å². The second-order valence-corrected chi connectivity index (χ2v) is 18.0. The molecule has 0 radical (unpaired) electrons. The van der Waals surface area contributed by atoms with E-state index in [-0.39, 0.29) is 12.5 Å². The van der Waals surface area contributed by atoms with Crippen LogP contribution in [0.15, 0.2) is 12.2 Å². The van der Waals surface area contributed by atoms with Crippen molar-refractivity contribution < 1.29 is 39.8 Å². The summed E-state index contributed by atoms with van der Waals surface area (Å²) in [5.41, 5.74) is 0. The van der Waals surface area contributed by atoms with E-state index in [1.807, 2.05) is 0 Å². The minimum Gasteiger partial charge on any atom is -0.394 e. The van der Waals surface area contributed by atoms with E-state index < -0.39 is 49.5 Å². The maximum absolute atomic E-state index is 13.0. The number of amides is 1. The third kappa shape index (κ3) is 31.4. The number of nitrogens with one attached hydrogen (secondary N) is 1. The Morgan fingerprint density at radius 3 is 1.37 bits per heavy atom. The summed E-state index contributed by atoms with van der Waals surface area (Å²) in [7, 11) is 0. The topological polar surface area (TPSA) is 149 Å². The largest absolute Gasteiger partial charge is 0.394 e. The maximum Gasteiger partial charge on any atom is 0.220 e. The van der Waals surface area contributed by atoms with E-state index >= 15 is 0 Å². The molecule has 0 aromatic carbocycles. The van der Waals surface area contributed by atoms with Crippen LogP contribution in [0.1, 0.15) is 245 Å². The molecule has 7 unspecified atom stereocenters. The van der Waals surface area contributed by atoms with Crippen molar-refractivity contribution in [2.75, 3.05) is 13.2 Å². The molecule has 7 atom stereocenters. The van der Waals surface area contributed by atoms with Crippen molar-refractivity contribution in [2.24, 2.45) is 0 Å². The van der Waals surface area contributed by atoms with Gasteiger partial charge in [-0.25, -0.2) is 0 Å². The number of ether oxygens (including phenoxy) is 2. The van der Waals surface area contributed by atoms with Gasteiger partial charge in [0.05, 0.1) is 25.4 Å². The summed E-state index contributed by atoms with van der Waals surface area (Å²) in [4.78, 5) is 13.0. The van der Waals surface area contributed by atoms with Gasteiger partial charge in [0.2, 0.25) is 5.91 Å². The number of unbranched alkanes of at least 4 members (excludes halogenated alkanes) is 31. The Morgan fingerprint density at radius 1 is 0.559 bits per heavy atom. The number of allylic oxidation sites excluding steroid dienone is 2. The number of aliphatic hydroxyl groups excluding tert-OH is 5. The third-order valence-corrected chi connectivity index (χ3v) is 12.4. The maximum atomic E-state index is 13.0. The SMILES string of the molecule is CCCCCCCCCCCCCC/C=C\CCCCCCCCCC(=O)NC(COC1OC(CO)C(O)C(O)C1O)C(O)CCCCCCCCCCCCCCC. The van der Waals surface area contributed by atoms with Crippen LogP contribution in [0, 0.1) is 0 Å². The van der Waals surface area contributed by atoms with Crippen LogP contribution in [0.25, 0.3) is 0 Å². The van der Waals surface area contributed by atoms with E-state index in [0.29, 0.717) is 12.8 Å². The van der Waals surface area contributed by atoms with Gasteiger partial charge in [0.15, 0.2) is 6.29 Å². The van der Waals surface area contributed by atoms with E-state index in [1.54, 1.807) is 0 Å². The van der Waals surface area contributed by atoms with Crippen LogP contribution >= 0.6 is 0 Å². The molecule has 0 spiro atoms. The van der Waals surface area contributed by atoms with Gasteiger partial charge < -0.3 is 40.3 Å². The zero-order valence-electron chi connectivity index (χ0n) is 38.5. The smallest absolute Gasteiger partial charge is 0.220 e. The van der Waals surface area contributed by atoms with Crippen LogP contribution in [0.3, 0.4) is 0 Å². The van der Waals surface area contributed by atoms with Crippen molar-refractivity contribution in [3.05, 3.63) is 12.2 Å². The molecule has 1 amide bonds. The fourth-order valence-electron chi connectivity index (χ4n) is 8.27. The Hall–Kier alpha value is -1.07. The summed E-state index contributed by atoms with van der Waals surface area (Å²) in [6, 6.07) is -0.717. The highest BCUT2D eigenvalue weighted by Crippen LogP contribution is 2.23. The van der Waals surface area contributed by atoms with Gasteiger partial charge in [0, 0.05) is 6.42 Å². The molecule has 6 N–H and O–H groups in total. The first kappa shape index (κ1) is 55.9. The van der Waals surface area contributed by atoms with E-state index in [2.05, 4.69) is 31.3 Å². The Kier molecular flexibility index (Phi) is 38.9. The van der Waals surface area contributed by atoms with Crippen LogP contribution in [0.5, 0.6) is 0 Å². The number of carbonyl (C=O) groups excluding carboxylic acids is 1. The Morgan fingerprint density at radius 2 is 0.949 bits per heavy atom. The van der Waals surface area contributed by atoms with E-state index in [1.165, 1.54) is 180 Å². The summed E-state index contributed by atoms with van der Waals surface area (Å²) in [6.07, 6.45) is 40.8. The highest BCUT2D eigenvalue weighted by molar-refractivity contribution is 5.76. The Balaban J connectivity index is 2.24. The molecular formula is C50H97NO8. The summed E-state index contributed by atoms with van der Waals surface area (Å²) in [5, 5.41) is 54.4. The number of rotatable bonds is 43. The minimum absolute atomic E-state index is 0.136. The summed E-state index contributed by atoms with van der Waals surface area (Å²) >= 11 is 0. The lowest BCUT2D eigenvalue weighted by Crippen LogP contribution is -2.60. The molecule has 0 aromatic heterocycles. The van der Waals surface area contributed by atoms with Gasteiger partial charge >= 0.3 is 0 Å². The van der Waals surface area contributed by atoms with Crippen molar-refractivity contribution >= 4 is 5.91 Å². The highest BCUT2D eigenvalue weighted by atomic mass is 16.7. The lowest BCUT2D eigenvalue weighted by molar-refractivity contribution is -0.302. The predicted octanol–water partition coefficient (Wildman–Crippen LogP) is 11.3. The van der Waals surface area contributed by atoms with E-state index in [0.717, 1.165) is 38.5 Å². The molecule has 9 heteroatoms. The van der Waals surface area contributed by atoms with Crippen molar-refractivity contribution in [3.63, 3.8) is 0 Å². The van der Waals surface area contributed by atoms with Crippen LogP contribution in [-0.2, 0) is 14.3 Å². The van der Waals surface area contributed by atoms with E-state index in [9.17, 15) is 30.3 Å². The average Bonchev–Trinajstić information content (AvgIpc) is 3.23. The molecule has 350 valence electrons. The summed E-state index contributed by atoms with van der Waals surface area (Å²) in [5.74, 6) is -0.146. The van der Waals surface area contributed by atoms with Crippen molar-refractivity contribution in [2.45, 2.75) is 288 Å². The van der Waals surface area contributed by atoms with Crippen LogP contribution in [0.2, 0.25) is 0 Å². The molecule has 0 saturated carbocycles. The fourth-order valence-corrected chi connectivity index (χ4v) is 8.27. The molecular weight excluding hydrogens is 743 g/mol. The number of hydrogen-bond acceptors (Lipinski definition) is 8. The molecule has 1 aliphatic rings. The fraction of sp³-hybridized carbons (Fsp3) is 0.940. The van der Waals surface area contributed by atoms with Gasteiger partial charge in [-0.1, -0.05) is 212 Å². The van der Waals surface area contributed by atoms with Crippen molar-refractivity contribution in [3.8, 4) is 0 Å². The average molecular weight is 840 g/mol. The second kappa shape index (κ2) is 41.0. The van der Waals surface area contributed by atoms with E-state index in [4.69, 9.17) is 9.47 Å². The molecule has 1 heterocycles. The summed E-state index contributed by atoms with van der Waals surface area (Å²) in [6.45, 7) is 3.85. The summed E-state index contributed by atoms with van der Waals surface area (Å²) < 4.78 is 11.3. The third-order valence-electron chi connectivity index (χ3n) is 12.4. The van der Waals surface area contributed by atoms with Gasteiger partial charge in [-0.15, -0.1) is 0 Å². The first-order valence-corrected chi connectivity index (χ1v) is 25.4. The molecule has 0 aliphatic carbocycles. The molecule has 59 heavy (non-hydrogen) atoms. The molecule has 9 nitrogen and oxygen atoms in total. The number of hydrogen-bond donors (Lipinski definition) is 6. The van der Waals surface area contributed by atoms with Crippen LogP contribution in [0.4, 0.5) is 0 Å². The van der Waals surface area contributed by atoms with Gasteiger partial charge in [0.1, 0.15) is 24.4 Å². The molecule has 0 bridgehead atoms. The zero-order valence-corrected chi connectivity index (χ0v) is 38.5. The molecule has 1 saturated heterocycles. The lowest BCUT2D eigenvalue weighted by atomic mass is 9.99.